The fourth-order valence-corrected chi connectivity index (χ4v) is 5.68. The molecule has 4 atom stereocenters. The van der Waals surface area contributed by atoms with Crippen molar-refractivity contribution in [2.75, 3.05) is 31.6 Å². The van der Waals surface area contributed by atoms with Gasteiger partial charge in [0.15, 0.2) is 9.84 Å². The van der Waals surface area contributed by atoms with Gasteiger partial charge in [0.2, 0.25) is 0 Å². The lowest BCUT2D eigenvalue weighted by molar-refractivity contribution is 0.141. The normalized spacial score (nSPS) is 37.4. The van der Waals surface area contributed by atoms with Crippen LogP contribution in [0.2, 0.25) is 0 Å². The first-order chi connectivity index (χ1) is 9.41. The summed E-state index contributed by atoms with van der Waals surface area (Å²) in [6, 6.07) is 0.844. The van der Waals surface area contributed by atoms with Crippen LogP contribution in [0.3, 0.4) is 0 Å². The highest BCUT2D eigenvalue weighted by molar-refractivity contribution is 7.91. The largest absolute Gasteiger partial charge is 0.314 e. The van der Waals surface area contributed by atoms with E-state index in [2.05, 4.69) is 31.1 Å². The minimum Gasteiger partial charge on any atom is -0.314 e. The standard InChI is InChI=1S/C15H30N2O2S/c1-4-16-15-6-5-12(2)9-13(15)10-17(3)14-7-8-20(18,19)11-14/h12-16H,4-11H2,1-3H3. The molecule has 0 aromatic carbocycles. The van der Waals surface area contributed by atoms with Crippen molar-refractivity contribution in [2.45, 2.75) is 51.6 Å². The molecule has 1 aliphatic heterocycles. The van der Waals surface area contributed by atoms with Crippen molar-refractivity contribution < 1.29 is 8.42 Å². The highest BCUT2D eigenvalue weighted by Crippen LogP contribution is 2.30. The van der Waals surface area contributed by atoms with E-state index >= 15 is 0 Å². The van der Waals surface area contributed by atoms with E-state index in [1.54, 1.807) is 0 Å². The Bertz CT molecular complexity index is 410. The Morgan fingerprint density at radius 2 is 2.00 bits per heavy atom. The number of sulfone groups is 1. The molecule has 118 valence electrons. The quantitative estimate of drug-likeness (QED) is 0.836. The van der Waals surface area contributed by atoms with E-state index in [0.717, 1.165) is 25.4 Å². The first-order valence-electron chi connectivity index (χ1n) is 8.05. The van der Waals surface area contributed by atoms with E-state index in [4.69, 9.17) is 0 Å². The molecule has 0 spiro atoms. The van der Waals surface area contributed by atoms with Gasteiger partial charge in [-0.15, -0.1) is 0 Å². The molecular weight excluding hydrogens is 272 g/mol. The first kappa shape index (κ1) is 16.2. The van der Waals surface area contributed by atoms with Crippen LogP contribution in [0.1, 0.15) is 39.5 Å². The molecule has 20 heavy (non-hydrogen) atoms. The summed E-state index contributed by atoms with van der Waals surface area (Å²) >= 11 is 0. The molecule has 0 bridgehead atoms. The van der Waals surface area contributed by atoms with Crippen molar-refractivity contribution in [3.8, 4) is 0 Å². The Kier molecular flexibility index (Phi) is 5.49. The van der Waals surface area contributed by atoms with Crippen molar-refractivity contribution in [2.24, 2.45) is 11.8 Å². The average Bonchev–Trinajstić information content (AvgIpc) is 2.73. The molecule has 1 saturated heterocycles. The summed E-state index contributed by atoms with van der Waals surface area (Å²) < 4.78 is 23.2. The van der Waals surface area contributed by atoms with Gasteiger partial charge in [-0.1, -0.05) is 13.8 Å². The first-order valence-corrected chi connectivity index (χ1v) is 9.87. The molecule has 2 aliphatic rings. The fraction of sp³-hybridized carbons (Fsp3) is 1.00. The Morgan fingerprint density at radius 1 is 1.25 bits per heavy atom. The van der Waals surface area contributed by atoms with Crippen molar-refractivity contribution in [1.29, 1.82) is 0 Å². The van der Waals surface area contributed by atoms with E-state index in [1.165, 1.54) is 19.3 Å². The number of nitrogens with one attached hydrogen (secondary N) is 1. The maximum atomic E-state index is 11.6. The van der Waals surface area contributed by atoms with Gasteiger partial charge < -0.3 is 10.2 Å². The SMILES string of the molecule is CCNC1CCC(C)CC1CN(C)C1CCS(=O)(=O)C1. The van der Waals surface area contributed by atoms with Gasteiger partial charge in [-0.25, -0.2) is 8.42 Å². The third kappa shape index (κ3) is 4.18. The van der Waals surface area contributed by atoms with Crippen molar-refractivity contribution in [1.82, 2.24) is 10.2 Å². The van der Waals surface area contributed by atoms with Gasteiger partial charge in [0.05, 0.1) is 11.5 Å². The minimum absolute atomic E-state index is 0.236. The lowest BCUT2D eigenvalue weighted by Crippen LogP contribution is -2.47. The van der Waals surface area contributed by atoms with Crippen LogP contribution < -0.4 is 5.32 Å². The number of nitrogens with zero attached hydrogens (tertiary/aromatic N) is 1. The van der Waals surface area contributed by atoms with Crippen LogP contribution in [0, 0.1) is 11.8 Å². The summed E-state index contributed by atoms with van der Waals surface area (Å²) in [5.74, 6) is 2.19. The third-order valence-electron chi connectivity index (χ3n) is 5.07. The molecular formula is C15H30N2O2S. The lowest BCUT2D eigenvalue weighted by atomic mass is 9.78. The van der Waals surface area contributed by atoms with E-state index in [1.807, 2.05) is 0 Å². The Balaban J connectivity index is 1.92. The maximum absolute atomic E-state index is 11.6. The number of rotatable bonds is 5. The topological polar surface area (TPSA) is 49.4 Å². The van der Waals surface area contributed by atoms with Gasteiger partial charge in [0.1, 0.15) is 0 Å². The van der Waals surface area contributed by atoms with Crippen LogP contribution in [0.15, 0.2) is 0 Å². The molecule has 1 heterocycles. The lowest BCUT2D eigenvalue weighted by Gasteiger charge is -2.38. The monoisotopic (exact) mass is 302 g/mol. The summed E-state index contributed by atoms with van der Waals surface area (Å²) in [6.45, 7) is 6.57. The van der Waals surface area contributed by atoms with Crippen LogP contribution in [0.4, 0.5) is 0 Å². The van der Waals surface area contributed by atoms with E-state index in [0.29, 0.717) is 23.5 Å². The highest BCUT2D eigenvalue weighted by atomic mass is 32.2. The predicted molar refractivity (Wildman–Crippen MR) is 83.7 cm³/mol. The zero-order valence-electron chi connectivity index (χ0n) is 13.1. The van der Waals surface area contributed by atoms with Crippen molar-refractivity contribution >= 4 is 9.84 Å². The van der Waals surface area contributed by atoms with Crippen LogP contribution in [0.25, 0.3) is 0 Å². The van der Waals surface area contributed by atoms with E-state index < -0.39 is 9.84 Å². The number of hydrogen-bond donors (Lipinski definition) is 1. The van der Waals surface area contributed by atoms with Crippen molar-refractivity contribution in [3.05, 3.63) is 0 Å². The molecule has 4 unspecified atom stereocenters. The fourth-order valence-electron chi connectivity index (χ4n) is 3.87. The second-order valence-corrected chi connectivity index (χ2v) is 9.07. The van der Waals surface area contributed by atoms with Gasteiger partial charge in [0.25, 0.3) is 0 Å². The third-order valence-corrected chi connectivity index (χ3v) is 6.82. The predicted octanol–water partition coefficient (Wildman–Crippen LogP) is 1.52. The van der Waals surface area contributed by atoms with Gasteiger partial charge >= 0.3 is 0 Å². The summed E-state index contributed by atoms with van der Waals surface area (Å²) in [7, 11) is -0.668. The molecule has 1 N–H and O–H groups in total. The Hall–Kier alpha value is -0.130. The van der Waals surface area contributed by atoms with Gasteiger partial charge in [0, 0.05) is 18.6 Å². The molecule has 1 aliphatic carbocycles. The highest BCUT2D eigenvalue weighted by Gasteiger charge is 2.34. The molecule has 0 amide bonds. The summed E-state index contributed by atoms with van der Waals surface area (Å²) in [5.41, 5.74) is 0. The minimum atomic E-state index is -2.77. The van der Waals surface area contributed by atoms with Crippen LogP contribution in [0.5, 0.6) is 0 Å². The number of hydrogen-bond acceptors (Lipinski definition) is 4. The molecule has 0 aromatic heterocycles. The molecule has 2 rings (SSSR count). The molecule has 0 aromatic rings. The average molecular weight is 302 g/mol. The summed E-state index contributed by atoms with van der Waals surface area (Å²) in [4.78, 5) is 2.30. The van der Waals surface area contributed by atoms with E-state index in [9.17, 15) is 8.42 Å². The molecule has 2 fully saturated rings. The van der Waals surface area contributed by atoms with Gasteiger partial charge in [-0.3, -0.25) is 0 Å². The molecule has 0 radical (unpaired) electrons. The molecule has 1 saturated carbocycles. The molecule has 5 heteroatoms. The van der Waals surface area contributed by atoms with Gasteiger partial charge in [-0.05, 0) is 51.1 Å². The summed E-state index contributed by atoms with van der Waals surface area (Å²) in [5, 5.41) is 3.62. The Morgan fingerprint density at radius 3 is 2.60 bits per heavy atom. The van der Waals surface area contributed by atoms with E-state index in [-0.39, 0.29) is 6.04 Å². The smallest absolute Gasteiger partial charge is 0.151 e. The maximum Gasteiger partial charge on any atom is 0.151 e. The zero-order valence-corrected chi connectivity index (χ0v) is 14.0. The van der Waals surface area contributed by atoms with Gasteiger partial charge in [-0.2, -0.15) is 0 Å². The Labute approximate surface area is 124 Å². The van der Waals surface area contributed by atoms with Crippen LogP contribution in [-0.4, -0.2) is 57.0 Å². The zero-order chi connectivity index (χ0) is 14.8. The second kappa shape index (κ2) is 6.75. The summed E-state index contributed by atoms with van der Waals surface area (Å²) in [6.07, 6.45) is 4.65. The second-order valence-electron chi connectivity index (χ2n) is 6.84. The molecule has 4 nitrogen and oxygen atoms in total. The van der Waals surface area contributed by atoms with Crippen LogP contribution in [-0.2, 0) is 9.84 Å². The van der Waals surface area contributed by atoms with Crippen molar-refractivity contribution in [3.63, 3.8) is 0 Å². The van der Waals surface area contributed by atoms with Crippen LogP contribution >= 0.6 is 0 Å².